The standard InChI is InChI=1S/C26H21N3/c1-16-12-13-18-20(14-16)26(2,3)23-19-9-5-7-11-22(19)29(24(18)23)25-27-15-17-8-4-6-10-21(17)28-25/h4-15H,1-3H3. The van der Waals surface area contributed by atoms with Crippen molar-refractivity contribution in [2.75, 3.05) is 0 Å². The van der Waals surface area contributed by atoms with Crippen LogP contribution in [0.4, 0.5) is 0 Å². The molecule has 3 aromatic carbocycles. The van der Waals surface area contributed by atoms with Crippen molar-refractivity contribution in [1.82, 2.24) is 14.5 Å². The summed E-state index contributed by atoms with van der Waals surface area (Å²) in [5.41, 5.74) is 8.59. The molecule has 0 unspecified atom stereocenters. The zero-order valence-corrected chi connectivity index (χ0v) is 16.8. The molecule has 0 atom stereocenters. The lowest BCUT2D eigenvalue weighted by Crippen LogP contribution is -2.15. The van der Waals surface area contributed by atoms with Crippen LogP contribution in [-0.4, -0.2) is 14.5 Å². The summed E-state index contributed by atoms with van der Waals surface area (Å²) in [5, 5.41) is 2.33. The van der Waals surface area contributed by atoms with Gasteiger partial charge >= 0.3 is 0 Å². The quantitative estimate of drug-likeness (QED) is 0.350. The van der Waals surface area contributed by atoms with Gasteiger partial charge < -0.3 is 0 Å². The summed E-state index contributed by atoms with van der Waals surface area (Å²) in [4.78, 5) is 9.70. The van der Waals surface area contributed by atoms with Gasteiger partial charge in [-0.1, -0.05) is 74.0 Å². The number of aromatic nitrogens is 3. The predicted molar refractivity (Wildman–Crippen MR) is 119 cm³/mol. The summed E-state index contributed by atoms with van der Waals surface area (Å²) < 4.78 is 2.25. The van der Waals surface area contributed by atoms with Gasteiger partial charge in [-0.3, -0.25) is 4.57 Å². The largest absolute Gasteiger partial charge is 0.278 e. The third-order valence-electron chi connectivity index (χ3n) is 6.28. The Bertz CT molecular complexity index is 1440. The van der Waals surface area contributed by atoms with Gasteiger partial charge in [-0.25, -0.2) is 9.97 Å². The molecule has 0 fully saturated rings. The third kappa shape index (κ3) is 2.13. The number of hydrogen-bond donors (Lipinski definition) is 0. The fourth-order valence-electron chi connectivity index (χ4n) is 4.92. The van der Waals surface area contributed by atoms with Crippen molar-refractivity contribution < 1.29 is 0 Å². The number of fused-ring (bicyclic) bond motifs is 6. The molecule has 0 radical (unpaired) electrons. The number of nitrogens with zero attached hydrogens (tertiary/aromatic N) is 3. The molecule has 0 N–H and O–H groups in total. The molecule has 0 saturated heterocycles. The summed E-state index contributed by atoms with van der Waals surface area (Å²) in [5.74, 6) is 0.727. The first-order valence-electron chi connectivity index (χ1n) is 10.0. The zero-order valence-electron chi connectivity index (χ0n) is 16.8. The van der Waals surface area contributed by atoms with Crippen molar-refractivity contribution in [3.8, 4) is 17.2 Å². The molecule has 0 bridgehead atoms. The molecule has 140 valence electrons. The average Bonchev–Trinajstić information content (AvgIpc) is 3.19. The van der Waals surface area contributed by atoms with Crippen LogP contribution in [0, 0.1) is 6.92 Å². The number of aryl methyl sites for hydroxylation is 1. The van der Waals surface area contributed by atoms with Gasteiger partial charge in [-0.05, 0) is 30.2 Å². The SMILES string of the molecule is Cc1ccc2c(c1)C(C)(C)c1c-2n(-c2ncc3ccccc3n2)c2ccccc12. The highest BCUT2D eigenvalue weighted by atomic mass is 15.2. The number of benzene rings is 3. The van der Waals surface area contributed by atoms with Crippen LogP contribution in [-0.2, 0) is 5.41 Å². The molecular weight excluding hydrogens is 354 g/mol. The minimum atomic E-state index is -0.0710. The van der Waals surface area contributed by atoms with Gasteiger partial charge in [0.25, 0.3) is 0 Å². The predicted octanol–water partition coefficient (Wildman–Crippen LogP) is 6.19. The Morgan fingerprint density at radius 3 is 2.59 bits per heavy atom. The van der Waals surface area contributed by atoms with E-state index < -0.39 is 0 Å². The molecule has 0 spiro atoms. The Morgan fingerprint density at radius 2 is 1.69 bits per heavy atom. The summed E-state index contributed by atoms with van der Waals surface area (Å²) in [7, 11) is 0. The van der Waals surface area contributed by atoms with Gasteiger partial charge in [-0.2, -0.15) is 0 Å². The lowest BCUT2D eigenvalue weighted by molar-refractivity contribution is 0.665. The van der Waals surface area contributed by atoms with Gasteiger partial charge in [0.05, 0.1) is 16.7 Å². The van der Waals surface area contributed by atoms with E-state index >= 15 is 0 Å². The maximum Gasteiger partial charge on any atom is 0.235 e. The summed E-state index contributed by atoms with van der Waals surface area (Å²) in [6, 6.07) is 23.6. The highest BCUT2D eigenvalue weighted by molar-refractivity contribution is 5.99. The second-order valence-corrected chi connectivity index (χ2v) is 8.48. The monoisotopic (exact) mass is 375 g/mol. The molecule has 6 rings (SSSR count). The Kier molecular flexibility index (Phi) is 3.15. The molecule has 3 nitrogen and oxygen atoms in total. The summed E-state index contributed by atoms with van der Waals surface area (Å²) in [6.45, 7) is 6.82. The van der Waals surface area contributed by atoms with Crippen molar-refractivity contribution >= 4 is 21.8 Å². The van der Waals surface area contributed by atoms with E-state index in [0.29, 0.717) is 0 Å². The molecule has 29 heavy (non-hydrogen) atoms. The molecule has 2 aromatic heterocycles. The van der Waals surface area contributed by atoms with Crippen LogP contribution in [0.1, 0.15) is 30.5 Å². The molecule has 2 heterocycles. The van der Waals surface area contributed by atoms with Crippen LogP contribution in [0.15, 0.2) is 72.9 Å². The fourth-order valence-corrected chi connectivity index (χ4v) is 4.92. The van der Waals surface area contributed by atoms with Crippen molar-refractivity contribution in [3.05, 3.63) is 89.6 Å². The van der Waals surface area contributed by atoms with Gasteiger partial charge in [0, 0.05) is 27.9 Å². The van der Waals surface area contributed by atoms with E-state index in [9.17, 15) is 0 Å². The smallest absolute Gasteiger partial charge is 0.235 e. The average molecular weight is 375 g/mol. The summed E-state index contributed by atoms with van der Waals surface area (Å²) in [6.07, 6.45) is 1.93. The fraction of sp³-hybridized carbons (Fsp3) is 0.154. The van der Waals surface area contributed by atoms with Gasteiger partial charge in [0.15, 0.2) is 0 Å². The normalized spacial score (nSPS) is 14.3. The van der Waals surface area contributed by atoms with E-state index in [1.165, 1.54) is 33.3 Å². The zero-order chi connectivity index (χ0) is 19.8. The Labute approximate surface area is 169 Å². The highest BCUT2D eigenvalue weighted by Crippen LogP contribution is 2.53. The van der Waals surface area contributed by atoms with Crippen LogP contribution < -0.4 is 0 Å². The minimum absolute atomic E-state index is 0.0710. The molecule has 3 heteroatoms. The van der Waals surface area contributed by atoms with Crippen molar-refractivity contribution in [1.29, 1.82) is 0 Å². The molecular formula is C26H21N3. The van der Waals surface area contributed by atoms with Crippen LogP contribution in [0.3, 0.4) is 0 Å². The van der Waals surface area contributed by atoms with Crippen LogP contribution >= 0.6 is 0 Å². The lowest BCUT2D eigenvalue weighted by atomic mass is 9.81. The Hall–Kier alpha value is -3.46. The highest BCUT2D eigenvalue weighted by Gasteiger charge is 2.40. The summed E-state index contributed by atoms with van der Waals surface area (Å²) >= 11 is 0. The number of hydrogen-bond acceptors (Lipinski definition) is 2. The first-order chi connectivity index (χ1) is 14.1. The number of rotatable bonds is 1. The molecule has 0 saturated carbocycles. The van der Waals surface area contributed by atoms with E-state index in [-0.39, 0.29) is 5.41 Å². The van der Waals surface area contributed by atoms with E-state index in [4.69, 9.17) is 9.97 Å². The molecule has 0 amide bonds. The third-order valence-corrected chi connectivity index (χ3v) is 6.28. The maximum atomic E-state index is 4.94. The van der Waals surface area contributed by atoms with E-state index in [0.717, 1.165) is 22.4 Å². The first-order valence-corrected chi connectivity index (χ1v) is 10.0. The second-order valence-electron chi connectivity index (χ2n) is 8.48. The Morgan fingerprint density at radius 1 is 0.897 bits per heavy atom. The van der Waals surface area contributed by atoms with Crippen molar-refractivity contribution in [2.45, 2.75) is 26.2 Å². The number of para-hydroxylation sites is 2. The molecule has 1 aliphatic carbocycles. The van der Waals surface area contributed by atoms with Crippen LogP contribution in [0.5, 0.6) is 0 Å². The maximum absolute atomic E-state index is 4.94. The van der Waals surface area contributed by atoms with Crippen molar-refractivity contribution in [3.63, 3.8) is 0 Å². The first kappa shape index (κ1) is 16.5. The van der Waals surface area contributed by atoms with Crippen molar-refractivity contribution in [2.24, 2.45) is 0 Å². The van der Waals surface area contributed by atoms with E-state index in [2.05, 4.69) is 73.9 Å². The Balaban J connectivity index is 1.77. The molecule has 0 aliphatic heterocycles. The van der Waals surface area contributed by atoms with Gasteiger partial charge in [0.1, 0.15) is 0 Å². The van der Waals surface area contributed by atoms with Crippen LogP contribution in [0.25, 0.3) is 39.0 Å². The van der Waals surface area contributed by atoms with E-state index in [1.54, 1.807) is 0 Å². The molecule has 5 aromatic rings. The lowest BCUT2D eigenvalue weighted by Gasteiger charge is -2.21. The topological polar surface area (TPSA) is 30.7 Å². The van der Waals surface area contributed by atoms with Crippen LogP contribution in [0.2, 0.25) is 0 Å². The van der Waals surface area contributed by atoms with E-state index in [1.807, 2.05) is 24.4 Å². The second kappa shape index (κ2) is 5.54. The van der Waals surface area contributed by atoms with Gasteiger partial charge in [0.2, 0.25) is 5.95 Å². The minimum Gasteiger partial charge on any atom is -0.278 e. The molecule has 1 aliphatic rings. The van der Waals surface area contributed by atoms with Gasteiger partial charge in [-0.15, -0.1) is 0 Å².